The number of benzene rings is 1. The van der Waals surface area contributed by atoms with Crippen molar-refractivity contribution in [2.75, 3.05) is 0 Å². The Bertz CT molecular complexity index is 304. The van der Waals surface area contributed by atoms with E-state index in [1.54, 1.807) is 6.92 Å². The third-order valence-corrected chi connectivity index (χ3v) is 2.45. The first kappa shape index (κ1) is 9.70. The summed E-state index contributed by atoms with van der Waals surface area (Å²) < 4.78 is 13.2. The summed E-state index contributed by atoms with van der Waals surface area (Å²) in [5, 5.41) is 17.6. The summed E-state index contributed by atoms with van der Waals surface area (Å²) >= 11 is 3.10. The van der Waals surface area contributed by atoms with Gasteiger partial charge in [0.2, 0.25) is 0 Å². The third-order valence-electron chi connectivity index (χ3n) is 1.63. The van der Waals surface area contributed by atoms with Crippen molar-refractivity contribution in [1.29, 1.82) is 0 Å². The Morgan fingerprint density at radius 3 is 2.50 bits per heavy atom. The molecule has 12 heavy (non-hydrogen) atoms. The first-order valence-electron chi connectivity index (χ1n) is 3.34. The highest BCUT2D eigenvalue weighted by Crippen LogP contribution is 2.15. The predicted molar refractivity (Wildman–Crippen MR) is 48.7 cm³/mol. The Kier molecular flexibility index (Phi) is 2.87. The molecule has 1 aromatic rings. The first-order valence-corrected chi connectivity index (χ1v) is 4.13. The average molecular weight is 233 g/mol. The fraction of sp³-hybridized carbons (Fsp3) is 0.143. The smallest absolute Gasteiger partial charge is 0.423 e. The zero-order valence-corrected chi connectivity index (χ0v) is 7.97. The van der Waals surface area contributed by atoms with Crippen molar-refractivity contribution in [2.24, 2.45) is 0 Å². The lowest BCUT2D eigenvalue weighted by molar-refractivity contribution is 0.425. The van der Waals surface area contributed by atoms with Crippen molar-refractivity contribution in [1.82, 2.24) is 0 Å². The summed E-state index contributed by atoms with van der Waals surface area (Å²) in [5.74, 6) is -0.490. The quantitative estimate of drug-likeness (QED) is 0.696. The van der Waals surface area contributed by atoms with Gasteiger partial charge in [-0.25, -0.2) is 4.39 Å². The van der Waals surface area contributed by atoms with Gasteiger partial charge in [0.05, 0.1) is 0 Å². The van der Waals surface area contributed by atoms with Crippen molar-refractivity contribution >= 4 is 28.5 Å². The lowest BCUT2D eigenvalue weighted by atomic mass is 9.77. The number of hydrogen-bond donors (Lipinski definition) is 2. The van der Waals surface area contributed by atoms with Crippen LogP contribution in [0.2, 0.25) is 0 Å². The topological polar surface area (TPSA) is 40.5 Å². The lowest BCUT2D eigenvalue weighted by Crippen LogP contribution is -2.32. The van der Waals surface area contributed by atoms with Crippen LogP contribution in [0, 0.1) is 12.7 Å². The van der Waals surface area contributed by atoms with Gasteiger partial charge < -0.3 is 10.0 Å². The predicted octanol–water partition coefficient (Wildman–Crippen LogP) is 0.576. The summed E-state index contributed by atoms with van der Waals surface area (Å²) in [6, 6.07) is 2.38. The second-order valence-electron chi connectivity index (χ2n) is 2.48. The molecule has 0 fully saturated rings. The minimum absolute atomic E-state index is 0.182. The molecule has 0 saturated heterocycles. The van der Waals surface area contributed by atoms with Crippen LogP contribution in [0.4, 0.5) is 4.39 Å². The first-order chi connectivity index (χ1) is 5.52. The van der Waals surface area contributed by atoms with E-state index in [0.717, 1.165) is 6.07 Å². The van der Waals surface area contributed by atoms with Crippen LogP contribution in [0.5, 0.6) is 0 Å². The largest absolute Gasteiger partial charge is 0.488 e. The zero-order chi connectivity index (χ0) is 9.30. The van der Waals surface area contributed by atoms with E-state index in [4.69, 9.17) is 10.0 Å². The Balaban J connectivity index is 3.28. The summed E-state index contributed by atoms with van der Waals surface area (Å²) in [6.07, 6.45) is 0. The molecule has 0 aliphatic carbocycles. The molecule has 0 amide bonds. The zero-order valence-electron chi connectivity index (χ0n) is 6.38. The van der Waals surface area contributed by atoms with E-state index in [-0.39, 0.29) is 5.46 Å². The van der Waals surface area contributed by atoms with E-state index >= 15 is 0 Å². The van der Waals surface area contributed by atoms with Crippen LogP contribution in [0.3, 0.4) is 0 Å². The Morgan fingerprint density at radius 1 is 1.42 bits per heavy atom. The summed E-state index contributed by atoms with van der Waals surface area (Å²) in [4.78, 5) is 0. The van der Waals surface area contributed by atoms with Gasteiger partial charge in [0.1, 0.15) is 5.82 Å². The third kappa shape index (κ3) is 1.85. The maximum Gasteiger partial charge on any atom is 0.488 e. The van der Waals surface area contributed by atoms with Gasteiger partial charge in [-0.1, -0.05) is 15.9 Å². The molecule has 1 aromatic carbocycles. The van der Waals surface area contributed by atoms with Gasteiger partial charge in [0.25, 0.3) is 0 Å². The van der Waals surface area contributed by atoms with Gasteiger partial charge in [0, 0.05) is 4.47 Å². The van der Waals surface area contributed by atoms with E-state index in [2.05, 4.69) is 15.9 Å². The van der Waals surface area contributed by atoms with Crippen LogP contribution >= 0.6 is 15.9 Å². The Labute approximate surface area is 78.3 Å². The maximum atomic E-state index is 12.7. The Morgan fingerprint density at radius 2 is 2.00 bits per heavy atom. The van der Waals surface area contributed by atoms with Gasteiger partial charge in [-0.15, -0.1) is 0 Å². The fourth-order valence-electron chi connectivity index (χ4n) is 0.934. The molecule has 0 aromatic heterocycles. The van der Waals surface area contributed by atoms with Crippen molar-refractivity contribution in [2.45, 2.75) is 6.92 Å². The molecule has 0 atom stereocenters. The van der Waals surface area contributed by atoms with Crippen LogP contribution in [0.25, 0.3) is 0 Å². The molecular weight excluding hydrogens is 226 g/mol. The fourth-order valence-corrected chi connectivity index (χ4v) is 1.38. The highest BCUT2D eigenvalue weighted by molar-refractivity contribution is 9.10. The van der Waals surface area contributed by atoms with Gasteiger partial charge >= 0.3 is 7.12 Å². The number of hydrogen-bond acceptors (Lipinski definition) is 2. The number of rotatable bonds is 1. The van der Waals surface area contributed by atoms with Crippen molar-refractivity contribution in [3.8, 4) is 0 Å². The van der Waals surface area contributed by atoms with Crippen LogP contribution in [0.15, 0.2) is 16.6 Å². The molecule has 64 valence electrons. The van der Waals surface area contributed by atoms with Crippen LogP contribution < -0.4 is 5.46 Å². The Hall–Kier alpha value is -0.385. The van der Waals surface area contributed by atoms with E-state index in [0.29, 0.717) is 10.0 Å². The normalized spacial score (nSPS) is 10.1. The number of halogens is 2. The lowest BCUT2D eigenvalue weighted by Gasteiger charge is -2.06. The van der Waals surface area contributed by atoms with Crippen molar-refractivity contribution in [3.63, 3.8) is 0 Å². The molecule has 5 heteroatoms. The van der Waals surface area contributed by atoms with E-state index in [9.17, 15) is 4.39 Å². The van der Waals surface area contributed by atoms with Gasteiger partial charge in [-0.05, 0) is 30.1 Å². The molecule has 0 heterocycles. The molecule has 0 spiro atoms. The SMILES string of the molecule is Cc1c(Br)cc(F)cc1B(O)O. The van der Waals surface area contributed by atoms with E-state index in [1.165, 1.54) is 6.07 Å². The molecule has 0 aliphatic rings. The van der Waals surface area contributed by atoms with Gasteiger partial charge in [0.15, 0.2) is 0 Å². The van der Waals surface area contributed by atoms with Crippen molar-refractivity contribution in [3.05, 3.63) is 28.0 Å². The summed E-state index contributed by atoms with van der Waals surface area (Å²) in [7, 11) is -1.63. The monoisotopic (exact) mass is 232 g/mol. The van der Waals surface area contributed by atoms with Gasteiger partial charge in [-0.3, -0.25) is 0 Å². The molecule has 0 bridgehead atoms. The van der Waals surface area contributed by atoms with Gasteiger partial charge in [-0.2, -0.15) is 0 Å². The molecule has 0 aliphatic heterocycles. The molecule has 0 saturated carbocycles. The molecule has 0 radical (unpaired) electrons. The van der Waals surface area contributed by atoms with Crippen molar-refractivity contribution < 1.29 is 14.4 Å². The van der Waals surface area contributed by atoms with Crippen LogP contribution in [-0.2, 0) is 0 Å². The molecule has 2 nitrogen and oxygen atoms in total. The van der Waals surface area contributed by atoms with E-state index in [1.807, 2.05) is 0 Å². The summed E-state index contributed by atoms with van der Waals surface area (Å²) in [6.45, 7) is 1.68. The summed E-state index contributed by atoms with van der Waals surface area (Å²) in [5.41, 5.74) is 0.813. The second kappa shape index (κ2) is 3.55. The average Bonchev–Trinajstić information content (AvgIpc) is 1.96. The highest BCUT2D eigenvalue weighted by atomic mass is 79.9. The van der Waals surface area contributed by atoms with Crippen LogP contribution in [-0.4, -0.2) is 17.2 Å². The molecule has 2 N–H and O–H groups in total. The minimum atomic E-state index is -1.63. The maximum absolute atomic E-state index is 12.7. The minimum Gasteiger partial charge on any atom is -0.423 e. The molecular formula is C7H7BBrFO2. The second-order valence-corrected chi connectivity index (χ2v) is 3.33. The van der Waals surface area contributed by atoms with E-state index < -0.39 is 12.9 Å². The molecule has 1 rings (SSSR count). The highest BCUT2D eigenvalue weighted by Gasteiger charge is 2.16. The molecule has 0 unspecified atom stereocenters. The van der Waals surface area contributed by atoms with Crippen LogP contribution in [0.1, 0.15) is 5.56 Å². The standard InChI is InChI=1S/C7H7BBrFO2/c1-4-6(8(11)12)2-5(10)3-7(4)9/h2-3,11-12H,1H3.